The minimum Gasteiger partial charge on any atom is -0.437 e. The molecule has 0 atom stereocenters. The van der Waals surface area contributed by atoms with Crippen molar-refractivity contribution in [1.82, 2.24) is 4.98 Å². The maximum atomic E-state index is 12.5. The van der Waals surface area contributed by atoms with Gasteiger partial charge in [0, 0.05) is 24.4 Å². The van der Waals surface area contributed by atoms with Crippen molar-refractivity contribution in [3.05, 3.63) is 78.5 Å². The molecule has 0 unspecified atom stereocenters. The molecule has 3 rings (SSSR count). The van der Waals surface area contributed by atoms with Gasteiger partial charge < -0.3 is 15.4 Å². The van der Waals surface area contributed by atoms with Crippen LogP contribution in [0.2, 0.25) is 0 Å². The van der Waals surface area contributed by atoms with Gasteiger partial charge in [-0.05, 0) is 48.5 Å². The fourth-order valence-electron chi connectivity index (χ4n) is 2.27. The van der Waals surface area contributed by atoms with E-state index in [-0.39, 0.29) is 11.8 Å². The van der Waals surface area contributed by atoms with E-state index in [4.69, 9.17) is 4.74 Å². The molecule has 0 aliphatic carbocycles. The number of nitrogens with zero attached hydrogens (tertiary/aromatic N) is 1. The van der Waals surface area contributed by atoms with Gasteiger partial charge >= 0.3 is 0 Å². The fraction of sp³-hybridized carbons (Fsp3) is 0.0500. The molecule has 0 spiro atoms. The first-order valence-corrected chi connectivity index (χ1v) is 7.99. The lowest BCUT2D eigenvalue weighted by Gasteiger charge is -2.11. The molecule has 0 bridgehead atoms. The van der Waals surface area contributed by atoms with Crippen LogP contribution in [0.3, 0.4) is 0 Å². The number of benzene rings is 2. The van der Waals surface area contributed by atoms with Crippen LogP contribution in [-0.2, 0) is 4.79 Å². The number of ether oxygens (including phenoxy) is 1. The zero-order valence-corrected chi connectivity index (χ0v) is 14.1. The predicted octanol–water partition coefficient (Wildman–Crippen LogP) is 4.08. The van der Waals surface area contributed by atoms with Gasteiger partial charge in [0.1, 0.15) is 11.4 Å². The zero-order valence-electron chi connectivity index (χ0n) is 14.1. The predicted molar refractivity (Wildman–Crippen MR) is 99.5 cm³/mol. The van der Waals surface area contributed by atoms with Crippen molar-refractivity contribution >= 4 is 23.2 Å². The van der Waals surface area contributed by atoms with Gasteiger partial charge in [-0.15, -0.1) is 0 Å². The van der Waals surface area contributed by atoms with E-state index in [0.717, 1.165) is 0 Å². The van der Waals surface area contributed by atoms with E-state index >= 15 is 0 Å². The summed E-state index contributed by atoms with van der Waals surface area (Å²) >= 11 is 0. The monoisotopic (exact) mass is 347 g/mol. The van der Waals surface area contributed by atoms with E-state index in [1.807, 2.05) is 18.2 Å². The molecular formula is C20H17N3O3. The Balaban J connectivity index is 1.74. The Labute approximate surface area is 150 Å². The Morgan fingerprint density at radius 1 is 0.885 bits per heavy atom. The minimum atomic E-state index is -0.301. The molecule has 6 heteroatoms. The molecule has 0 saturated heterocycles. The van der Waals surface area contributed by atoms with E-state index in [2.05, 4.69) is 15.6 Å². The van der Waals surface area contributed by atoms with Crippen molar-refractivity contribution in [2.24, 2.45) is 0 Å². The molecule has 2 N–H and O–H groups in total. The van der Waals surface area contributed by atoms with Crippen molar-refractivity contribution in [2.45, 2.75) is 6.92 Å². The Bertz CT molecular complexity index is 909. The third kappa shape index (κ3) is 4.45. The van der Waals surface area contributed by atoms with Crippen LogP contribution in [-0.4, -0.2) is 16.8 Å². The summed E-state index contributed by atoms with van der Waals surface area (Å²) in [4.78, 5) is 27.7. The standard InChI is InChI=1S/C20H17N3O3/c1-14(24)22-16-11-9-15(10-12-16)19(25)23-18-8-5-13-21-20(18)26-17-6-3-2-4-7-17/h2-13H,1H3,(H,22,24)(H,23,25). The van der Waals surface area contributed by atoms with Gasteiger partial charge in [0.05, 0.1) is 0 Å². The summed E-state index contributed by atoms with van der Waals surface area (Å²) in [5.41, 5.74) is 1.55. The number of anilines is 2. The molecule has 26 heavy (non-hydrogen) atoms. The minimum absolute atomic E-state index is 0.166. The highest BCUT2D eigenvalue weighted by molar-refractivity contribution is 6.05. The zero-order chi connectivity index (χ0) is 18.4. The van der Waals surface area contributed by atoms with Crippen LogP contribution in [0.5, 0.6) is 11.6 Å². The third-order valence-corrected chi connectivity index (χ3v) is 3.44. The molecule has 0 saturated carbocycles. The molecule has 6 nitrogen and oxygen atoms in total. The summed E-state index contributed by atoms with van der Waals surface area (Å²) in [6.45, 7) is 1.43. The van der Waals surface area contributed by atoms with Crippen molar-refractivity contribution in [3.8, 4) is 11.6 Å². The van der Waals surface area contributed by atoms with Gasteiger partial charge in [0.25, 0.3) is 5.91 Å². The lowest BCUT2D eigenvalue weighted by Crippen LogP contribution is -2.13. The molecule has 0 aliphatic heterocycles. The molecule has 3 aromatic rings. The highest BCUT2D eigenvalue weighted by Crippen LogP contribution is 2.27. The summed E-state index contributed by atoms with van der Waals surface area (Å²) in [7, 11) is 0. The van der Waals surface area contributed by atoms with E-state index < -0.39 is 0 Å². The molecular weight excluding hydrogens is 330 g/mol. The first-order chi connectivity index (χ1) is 12.6. The van der Waals surface area contributed by atoms with Crippen LogP contribution in [0, 0.1) is 0 Å². The molecule has 2 aromatic carbocycles. The normalized spacial score (nSPS) is 10.0. The number of hydrogen-bond donors (Lipinski definition) is 2. The molecule has 130 valence electrons. The quantitative estimate of drug-likeness (QED) is 0.729. The number of carbonyl (C=O) groups is 2. The van der Waals surface area contributed by atoms with Crippen LogP contribution >= 0.6 is 0 Å². The second-order valence-electron chi connectivity index (χ2n) is 5.48. The Hall–Kier alpha value is -3.67. The van der Waals surface area contributed by atoms with Crippen molar-refractivity contribution in [1.29, 1.82) is 0 Å². The summed E-state index contributed by atoms with van der Waals surface area (Å²) in [6.07, 6.45) is 1.59. The lowest BCUT2D eigenvalue weighted by molar-refractivity contribution is -0.114. The SMILES string of the molecule is CC(=O)Nc1ccc(C(=O)Nc2cccnc2Oc2ccccc2)cc1. The Kier molecular flexibility index (Phi) is 5.24. The Morgan fingerprint density at radius 2 is 1.62 bits per heavy atom. The molecule has 1 heterocycles. The van der Waals surface area contributed by atoms with Gasteiger partial charge in [0.2, 0.25) is 11.8 Å². The summed E-state index contributed by atoms with van der Waals surface area (Å²) in [5, 5.41) is 5.45. The molecule has 0 radical (unpaired) electrons. The Morgan fingerprint density at radius 3 is 2.31 bits per heavy atom. The van der Waals surface area contributed by atoms with Gasteiger partial charge in [-0.25, -0.2) is 4.98 Å². The number of hydrogen-bond acceptors (Lipinski definition) is 4. The van der Waals surface area contributed by atoms with Crippen LogP contribution in [0.25, 0.3) is 0 Å². The van der Waals surface area contributed by atoms with E-state index in [0.29, 0.717) is 28.6 Å². The number of nitrogens with one attached hydrogen (secondary N) is 2. The number of para-hydroxylation sites is 1. The summed E-state index contributed by atoms with van der Waals surface area (Å²) in [5.74, 6) is 0.467. The van der Waals surface area contributed by atoms with Crippen LogP contribution < -0.4 is 15.4 Å². The van der Waals surface area contributed by atoms with E-state index in [9.17, 15) is 9.59 Å². The third-order valence-electron chi connectivity index (χ3n) is 3.44. The average molecular weight is 347 g/mol. The smallest absolute Gasteiger partial charge is 0.255 e. The second kappa shape index (κ2) is 7.94. The number of pyridine rings is 1. The van der Waals surface area contributed by atoms with Crippen molar-refractivity contribution < 1.29 is 14.3 Å². The van der Waals surface area contributed by atoms with Crippen molar-refractivity contribution in [3.63, 3.8) is 0 Å². The number of carbonyl (C=O) groups excluding carboxylic acids is 2. The number of aromatic nitrogens is 1. The fourth-order valence-corrected chi connectivity index (χ4v) is 2.27. The summed E-state index contributed by atoms with van der Waals surface area (Å²) in [6, 6.07) is 19.2. The maximum absolute atomic E-state index is 12.5. The lowest BCUT2D eigenvalue weighted by atomic mass is 10.2. The number of rotatable bonds is 5. The van der Waals surface area contributed by atoms with Crippen LogP contribution in [0.15, 0.2) is 72.9 Å². The average Bonchev–Trinajstić information content (AvgIpc) is 2.64. The highest BCUT2D eigenvalue weighted by Gasteiger charge is 2.11. The van der Waals surface area contributed by atoms with E-state index in [1.54, 1.807) is 54.7 Å². The highest BCUT2D eigenvalue weighted by atomic mass is 16.5. The largest absolute Gasteiger partial charge is 0.437 e. The van der Waals surface area contributed by atoms with Gasteiger partial charge in [0.15, 0.2) is 0 Å². The molecule has 2 amide bonds. The molecule has 1 aromatic heterocycles. The van der Waals surface area contributed by atoms with Gasteiger partial charge in [-0.2, -0.15) is 0 Å². The van der Waals surface area contributed by atoms with Gasteiger partial charge in [-0.1, -0.05) is 18.2 Å². The van der Waals surface area contributed by atoms with Crippen molar-refractivity contribution in [2.75, 3.05) is 10.6 Å². The van der Waals surface area contributed by atoms with E-state index in [1.165, 1.54) is 6.92 Å². The topological polar surface area (TPSA) is 80.3 Å². The van der Waals surface area contributed by atoms with Crippen LogP contribution in [0.4, 0.5) is 11.4 Å². The van der Waals surface area contributed by atoms with Crippen LogP contribution in [0.1, 0.15) is 17.3 Å². The second-order valence-corrected chi connectivity index (χ2v) is 5.48. The maximum Gasteiger partial charge on any atom is 0.255 e. The van der Waals surface area contributed by atoms with Gasteiger partial charge in [-0.3, -0.25) is 9.59 Å². The summed E-state index contributed by atoms with van der Waals surface area (Å²) < 4.78 is 5.74. The number of amides is 2. The first kappa shape index (κ1) is 17.2. The molecule has 0 aliphatic rings. The first-order valence-electron chi connectivity index (χ1n) is 7.99. The molecule has 0 fully saturated rings.